The molecule has 1 saturated heterocycles. The van der Waals surface area contributed by atoms with Gasteiger partial charge in [0.2, 0.25) is 5.91 Å². The third kappa shape index (κ3) is 4.83. The maximum absolute atomic E-state index is 11.6. The average Bonchev–Trinajstić information content (AvgIpc) is 2.69. The van der Waals surface area contributed by atoms with Crippen LogP contribution < -0.4 is 5.32 Å². The van der Waals surface area contributed by atoms with E-state index in [4.69, 9.17) is 0 Å². The molecule has 3 rings (SSSR count). The van der Waals surface area contributed by atoms with E-state index < -0.39 is 0 Å². The molecule has 0 atom stereocenters. The molecule has 1 aliphatic rings. The van der Waals surface area contributed by atoms with E-state index in [1.165, 1.54) is 18.1 Å². The molecule has 4 heteroatoms. The molecular formula is C23H28N2O2. The zero-order valence-electron chi connectivity index (χ0n) is 16.0. The number of rotatable bonds is 7. The van der Waals surface area contributed by atoms with E-state index >= 15 is 0 Å². The average molecular weight is 364 g/mol. The standard InChI is InChI=1S/C23H28N2O2/c1-19(26)18-22(27)24-14-17-25-15-12-23(13-16-25,20-8-4-2-5-9-20)21-10-6-3-7-11-21/h2-11H,12-18H2,1H3,(H,24,27). The number of carbonyl (C=O) groups excluding carboxylic acids is 2. The van der Waals surface area contributed by atoms with Gasteiger partial charge in [0, 0.05) is 18.5 Å². The minimum Gasteiger partial charge on any atom is -0.354 e. The molecule has 1 amide bonds. The summed E-state index contributed by atoms with van der Waals surface area (Å²) in [6.45, 7) is 4.84. The van der Waals surface area contributed by atoms with Crippen molar-refractivity contribution in [2.45, 2.75) is 31.6 Å². The van der Waals surface area contributed by atoms with Crippen molar-refractivity contribution >= 4 is 11.7 Å². The Labute approximate surface area is 161 Å². The summed E-state index contributed by atoms with van der Waals surface area (Å²) in [5, 5.41) is 2.84. The van der Waals surface area contributed by atoms with E-state index in [-0.39, 0.29) is 23.5 Å². The zero-order chi connectivity index (χ0) is 19.1. The Kier molecular flexibility index (Phi) is 6.40. The zero-order valence-corrected chi connectivity index (χ0v) is 16.0. The third-order valence-electron chi connectivity index (χ3n) is 5.52. The maximum atomic E-state index is 11.6. The van der Waals surface area contributed by atoms with Crippen molar-refractivity contribution in [2.75, 3.05) is 26.2 Å². The Morgan fingerprint density at radius 2 is 1.44 bits per heavy atom. The first-order valence-corrected chi connectivity index (χ1v) is 9.70. The van der Waals surface area contributed by atoms with Crippen LogP contribution in [-0.4, -0.2) is 42.8 Å². The lowest BCUT2D eigenvalue weighted by atomic mass is 9.68. The van der Waals surface area contributed by atoms with Crippen LogP contribution in [0, 0.1) is 0 Å². The summed E-state index contributed by atoms with van der Waals surface area (Å²) in [6, 6.07) is 21.6. The molecule has 0 aliphatic carbocycles. The largest absolute Gasteiger partial charge is 0.354 e. The second-order valence-corrected chi connectivity index (χ2v) is 7.38. The van der Waals surface area contributed by atoms with Crippen LogP contribution in [0.2, 0.25) is 0 Å². The van der Waals surface area contributed by atoms with Crippen LogP contribution in [0.1, 0.15) is 37.3 Å². The van der Waals surface area contributed by atoms with Gasteiger partial charge in [-0.25, -0.2) is 0 Å². The number of ketones is 1. The van der Waals surface area contributed by atoms with Gasteiger partial charge in [0.1, 0.15) is 5.78 Å². The molecule has 2 aromatic carbocycles. The molecule has 1 N–H and O–H groups in total. The van der Waals surface area contributed by atoms with E-state index in [0.29, 0.717) is 6.54 Å². The normalized spacial score (nSPS) is 16.6. The van der Waals surface area contributed by atoms with E-state index in [9.17, 15) is 9.59 Å². The van der Waals surface area contributed by atoms with Crippen molar-refractivity contribution in [2.24, 2.45) is 0 Å². The van der Waals surface area contributed by atoms with Gasteiger partial charge in [-0.3, -0.25) is 9.59 Å². The number of piperidine rings is 1. The molecule has 0 aromatic heterocycles. The molecule has 4 nitrogen and oxygen atoms in total. The minimum atomic E-state index is -0.178. The molecule has 142 valence electrons. The Bertz CT molecular complexity index is 709. The van der Waals surface area contributed by atoms with Crippen LogP contribution in [0.4, 0.5) is 0 Å². The summed E-state index contributed by atoms with van der Waals surface area (Å²) in [7, 11) is 0. The van der Waals surface area contributed by atoms with Gasteiger partial charge in [-0.1, -0.05) is 60.7 Å². The van der Waals surface area contributed by atoms with Gasteiger partial charge in [0.15, 0.2) is 0 Å². The predicted molar refractivity (Wildman–Crippen MR) is 108 cm³/mol. The van der Waals surface area contributed by atoms with E-state index in [1.54, 1.807) is 0 Å². The highest BCUT2D eigenvalue weighted by Gasteiger charge is 2.37. The summed E-state index contributed by atoms with van der Waals surface area (Å²) in [5.41, 5.74) is 2.81. The SMILES string of the molecule is CC(=O)CC(=O)NCCN1CCC(c2ccccc2)(c2ccccc2)CC1. The summed E-state index contributed by atoms with van der Waals surface area (Å²) >= 11 is 0. The molecule has 1 fully saturated rings. The summed E-state index contributed by atoms with van der Waals surface area (Å²) in [4.78, 5) is 25.0. The molecule has 27 heavy (non-hydrogen) atoms. The van der Waals surface area contributed by atoms with Crippen molar-refractivity contribution in [1.82, 2.24) is 10.2 Å². The molecule has 2 aromatic rings. The number of benzene rings is 2. The molecule has 1 heterocycles. The molecule has 0 saturated carbocycles. The second-order valence-electron chi connectivity index (χ2n) is 7.38. The van der Waals surface area contributed by atoms with Gasteiger partial charge in [0.25, 0.3) is 0 Å². The molecule has 1 aliphatic heterocycles. The summed E-state index contributed by atoms with van der Waals surface area (Å²) in [6.07, 6.45) is 2.09. The molecule has 0 unspecified atom stereocenters. The van der Waals surface area contributed by atoms with E-state index in [1.807, 2.05) is 0 Å². The number of hydrogen-bond donors (Lipinski definition) is 1. The van der Waals surface area contributed by atoms with Crippen molar-refractivity contribution in [1.29, 1.82) is 0 Å². The van der Waals surface area contributed by atoms with Gasteiger partial charge in [0.05, 0.1) is 6.42 Å². The van der Waals surface area contributed by atoms with Crippen LogP contribution in [0.25, 0.3) is 0 Å². The van der Waals surface area contributed by atoms with Crippen molar-refractivity contribution < 1.29 is 9.59 Å². The van der Waals surface area contributed by atoms with Gasteiger partial charge >= 0.3 is 0 Å². The van der Waals surface area contributed by atoms with Gasteiger partial charge in [-0.05, 0) is 44.0 Å². The maximum Gasteiger partial charge on any atom is 0.227 e. The first-order valence-electron chi connectivity index (χ1n) is 9.70. The first-order chi connectivity index (χ1) is 13.1. The molecule has 0 radical (unpaired) electrons. The lowest BCUT2D eigenvalue weighted by molar-refractivity contribution is -0.127. The molecule has 0 bridgehead atoms. The monoisotopic (exact) mass is 364 g/mol. The number of carbonyl (C=O) groups is 2. The predicted octanol–water partition coefficient (Wildman–Crippen LogP) is 3.16. The van der Waals surface area contributed by atoms with Crippen LogP contribution in [0.15, 0.2) is 60.7 Å². The van der Waals surface area contributed by atoms with Gasteiger partial charge in [-0.2, -0.15) is 0 Å². The van der Waals surface area contributed by atoms with Gasteiger partial charge in [-0.15, -0.1) is 0 Å². The Balaban J connectivity index is 1.63. The van der Waals surface area contributed by atoms with Gasteiger partial charge < -0.3 is 10.2 Å². The molecular weight excluding hydrogens is 336 g/mol. The Hall–Kier alpha value is -2.46. The number of likely N-dealkylation sites (tertiary alicyclic amines) is 1. The topological polar surface area (TPSA) is 49.4 Å². The van der Waals surface area contributed by atoms with Crippen molar-refractivity contribution in [3.63, 3.8) is 0 Å². The lowest BCUT2D eigenvalue weighted by Gasteiger charge is -2.43. The quantitative estimate of drug-likeness (QED) is 0.768. The fourth-order valence-electron chi connectivity index (χ4n) is 4.06. The number of amides is 1. The number of nitrogens with one attached hydrogen (secondary N) is 1. The summed E-state index contributed by atoms with van der Waals surface area (Å²) < 4.78 is 0. The third-order valence-corrected chi connectivity index (χ3v) is 5.52. The molecule has 0 spiro atoms. The lowest BCUT2D eigenvalue weighted by Crippen LogP contribution is -2.45. The highest BCUT2D eigenvalue weighted by molar-refractivity contribution is 5.96. The Morgan fingerprint density at radius 1 is 0.926 bits per heavy atom. The number of Topliss-reactive ketones (excluding diaryl/α,β-unsaturated/α-hetero) is 1. The fraction of sp³-hybridized carbons (Fsp3) is 0.391. The van der Waals surface area contributed by atoms with Crippen LogP contribution in [0.3, 0.4) is 0 Å². The second kappa shape index (κ2) is 8.96. The number of hydrogen-bond acceptors (Lipinski definition) is 3. The smallest absolute Gasteiger partial charge is 0.227 e. The van der Waals surface area contributed by atoms with Crippen LogP contribution in [0.5, 0.6) is 0 Å². The summed E-state index contributed by atoms with van der Waals surface area (Å²) in [5.74, 6) is -0.275. The van der Waals surface area contributed by atoms with E-state index in [2.05, 4.69) is 70.9 Å². The highest BCUT2D eigenvalue weighted by Crippen LogP contribution is 2.41. The van der Waals surface area contributed by atoms with Crippen LogP contribution >= 0.6 is 0 Å². The fourth-order valence-corrected chi connectivity index (χ4v) is 4.06. The minimum absolute atomic E-state index is 0.0227. The van der Waals surface area contributed by atoms with Crippen molar-refractivity contribution in [3.05, 3.63) is 71.8 Å². The van der Waals surface area contributed by atoms with Crippen molar-refractivity contribution in [3.8, 4) is 0 Å². The van der Waals surface area contributed by atoms with Crippen LogP contribution in [-0.2, 0) is 15.0 Å². The van der Waals surface area contributed by atoms with E-state index in [0.717, 1.165) is 32.5 Å². The highest BCUT2D eigenvalue weighted by atomic mass is 16.2. The first kappa shape index (κ1) is 19.3. The number of nitrogens with zero attached hydrogens (tertiary/aromatic N) is 1. The Morgan fingerprint density at radius 3 is 1.93 bits per heavy atom.